The Morgan fingerprint density at radius 3 is 2.58 bits per heavy atom. The maximum absolute atomic E-state index is 11.2. The fourth-order valence-electron chi connectivity index (χ4n) is 1.33. The number of carbonyl (C=O) groups is 1. The van der Waals surface area contributed by atoms with Crippen LogP contribution in [0.1, 0.15) is 12.5 Å². The van der Waals surface area contributed by atoms with Gasteiger partial charge in [-0.3, -0.25) is 0 Å². The zero-order chi connectivity index (χ0) is 13.9. The second-order valence-electron chi connectivity index (χ2n) is 3.60. The third-order valence-electron chi connectivity index (χ3n) is 2.19. The lowest BCUT2D eigenvalue weighted by Crippen LogP contribution is -2.13. The number of hydrogen-bond acceptors (Lipinski definition) is 5. The van der Waals surface area contributed by atoms with E-state index in [0.29, 0.717) is 19.5 Å². The van der Waals surface area contributed by atoms with Gasteiger partial charge in [0.25, 0.3) is 0 Å². The van der Waals surface area contributed by atoms with E-state index in [1.54, 1.807) is 6.92 Å². The molecule has 0 heterocycles. The molecule has 0 aliphatic carbocycles. The van der Waals surface area contributed by atoms with Crippen molar-refractivity contribution in [3.8, 4) is 0 Å². The number of benzene rings is 1. The molecule has 0 saturated carbocycles. The topological polar surface area (TPSA) is 65.0 Å². The summed E-state index contributed by atoms with van der Waals surface area (Å²) in [5, 5.41) is 8.83. The Bertz CT molecular complexity index is 400. The summed E-state index contributed by atoms with van der Waals surface area (Å²) >= 11 is 0. The van der Waals surface area contributed by atoms with Gasteiger partial charge < -0.3 is 19.3 Å². The highest BCUT2D eigenvalue weighted by Gasteiger charge is 2.11. The van der Waals surface area contributed by atoms with Gasteiger partial charge in [-0.25, -0.2) is 4.79 Å². The summed E-state index contributed by atoms with van der Waals surface area (Å²) in [5.74, 6) is -0.904. The second kappa shape index (κ2) is 8.99. The van der Waals surface area contributed by atoms with Crippen LogP contribution in [0, 0.1) is 0 Å². The van der Waals surface area contributed by atoms with Crippen molar-refractivity contribution >= 4 is 5.97 Å². The van der Waals surface area contributed by atoms with Crippen LogP contribution in [-0.2, 0) is 25.6 Å². The fraction of sp³-hybridized carbons (Fsp3) is 0.357. The van der Waals surface area contributed by atoms with Crippen molar-refractivity contribution in [1.29, 1.82) is 0 Å². The molecule has 0 unspecified atom stereocenters. The molecule has 0 radical (unpaired) electrons. The van der Waals surface area contributed by atoms with Crippen LogP contribution >= 0.6 is 0 Å². The molecule has 0 saturated heterocycles. The summed E-state index contributed by atoms with van der Waals surface area (Å²) in [5.41, 5.74) is 1.06. The molecule has 1 rings (SSSR count). The molecule has 0 bridgehead atoms. The first kappa shape index (κ1) is 15.0. The van der Waals surface area contributed by atoms with Crippen molar-refractivity contribution in [2.24, 2.45) is 0 Å². The molecule has 0 atom stereocenters. The van der Waals surface area contributed by atoms with Gasteiger partial charge in [-0.15, -0.1) is 0 Å². The van der Waals surface area contributed by atoms with Gasteiger partial charge in [-0.2, -0.15) is 0 Å². The van der Waals surface area contributed by atoms with Crippen molar-refractivity contribution < 1.29 is 24.1 Å². The minimum Gasteiger partial charge on any atom is -0.511 e. The Labute approximate surface area is 112 Å². The monoisotopic (exact) mass is 266 g/mol. The van der Waals surface area contributed by atoms with Crippen LogP contribution in [0.15, 0.2) is 42.4 Å². The maximum atomic E-state index is 11.2. The smallest absolute Gasteiger partial charge is 0.376 e. The summed E-state index contributed by atoms with van der Waals surface area (Å²) in [6.07, 6.45) is 0.592. The third-order valence-corrected chi connectivity index (χ3v) is 2.19. The van der Waals surface area contributed by atoms with Gasteiger partial charge in [-0.05, 0) is 12.5 Å². The van der Waals surface area contributed by atoms with Gasteiger partial charge >= 0.3 is 5.97 Å². The van der Waals surface area contributed by atoms with E-state index in [1.807, 2.05) is 30.3 Å². The van der Waals surface area contributed by atoms with E-state index in [4.69, 9.17) is 14.6 Å². The van der Waals surface area contributed by atoms with Gasteiger partial charge in [0.2, 0.25) is 5.76 Å². The maximum Gasteiger partial charge on any atom is 0.376 e. The first-order chi connectivity index (χ1) is 9.27. The first-order valence-electron chi connectivity index (χ1n) is 6.04. The number of aliphatic hydroxyl groups is 1. The Morgan fingerprint density at radius 2 is 1.95 bits per heavy atom. The summed E-state index contributed by atoms with van der Waals surface area (Å²) in [4.78, 5) is 11.2. The van der Waals surface area contributed by atoms with E-state index in [1.165, 1.54) is 0 Å². The summed E-state index contributed by atoms with van der Waals surface area (Å²) in [6.45, 7) is 2.85. The number of ether oxygens (including phenoxy) is 3. The number of esters is 1. The molecular formula is C14H18O5. The first-order valence-corrected chi connectivity index (χ1v) is 6.04. The molecule has 5 heteroatoms. The molecule has 0 spiro atoms. The van der Waals surface area contributed by atoms with Crippen LogP contribution in [0.5, 0.6) is 0 Å². The zero-order valence-electron chi connectivity index (χ0n) is 10.9. The minimum absolute atomic E-state index is 0.165. The van der Waals surface area contributed by atoms with E-state index in [0.717, 1.165) is 5.56 Å². The van der Waals surface area contributed by atoms with Crippen LogP contribution < -0.4 is 0 Å². The van der Waals surface area contributed by atoms with Crippen molar-refractivity contribution in [2.75, 3.05) is 19.8 Å². The number of aliphatic hydroxyl groups excluding tert-OH is 1. The number of rotatable bonds is 8. The van der Waals surface area contributed by atoms with Crippen LogP contribution in [-0.4, -0.2) is 30.9 Å². The number of carbonyl (C=O) groups excluding carboxylic acids is 1. The van der Waals surface area contributed by atoms with Crippen LogP contribution in [0.3, 0.4) is 0 Å². The quantitative estimate of drug-likeness (QED) is 0.338. The zero-order valence-corrected chi connectivity index (χ0v) is 10.9. The predicted molar refractivity (Wildman–Crippen MR) is 69.4 cm³/mol. The largest absolute Gasteiger partial charge is 0.511 e. The van der Waals surface area contributed by atoms with E-state index in [9.17, 15) is 4.79 Å². The van der Waals surface area contributed by atoms with E-state index in [-0.39, 0.29) is 19.0 Å². The SMILES string of the molecule is CCOC(=O)C(=CO)OCCOCc1ccccc1. The highest BCUT2D eigenvalue weighted by Crippen LogP contribution is 2.02. The Balaban J connectivity index is 2.18. The lowest BCUT2D eigenvalue weighted by atomic mass is 10.2. The van der Waals surface area contributed by atoms with Crippen molar-refractivity contribution in [3.05, 3.63) is 47.9 Å². The lowest BCUT2D eigenvalue weighted by Gasteiger charge is -2.08. The van der Waals surface area contributed by atoms with Crippen molar-refractivity contribution in [3.63, 3.8) is 0 Å². The molecular weight excluding hydrogens is 248 g/mol. The van der Waals surface area contributed by atoms with Crippen LogP contribution in [0.4, 0.5) is 0 Å². The molecule has 1 aromatic carbocycles. The summed E-state index contributed by atoms with van der Waals surface area (Å²) in [7, 11) is 0. The van der Waals surface area contributed by atoms with E-state index in [2.05, 4.69) is 4.74 Å². The number of hydrogen-bond donors (Lipinski definition) is 1. The molecule has 104 valence electrons. The molecule has 1 N–H and O–H groups in total. The lowest BCUT2D eigenvalue weighted by molar-refractivity contribution is -0.143. The molecule has 0 amide bonds. The molecule has 19 heavy (non-hydrogen) atoms. The van der Waals surface area contributed by atoms with E-state index >= 15 is 0 Å². The Morgan fingerprint density at radius 1 is 1.21 bits per heavy atom. The highest BCUT2D eigenvalue weighted by molar-refractivity contribution is 5.85. The Kier molecular flexibility index (Phi) is 7.12. The Hall–Kier alpha value is -2.01. The molecule has 0 aromatic heterocycles. The van der Waals surface area contributed by atoms with E-state index < -0.39 is 5.97 Å². The minimum atomic E-state index is -0.687. The predicted octanol–water partition coefficient (Wildman–Crippen LogP) is 2.18. The second-order valence-corrected chi connectivity index (χ2v) is 3.60. The van der Waals surface area contributed by atoms with Crippen LogP contribution in [0.25, 0.3) is 0 Å². The average Bonchev–Trinajstić information content (AvgIpc) is 2.44. The fourth-order valence-corrected chi connectivity index (χ4v) is 1.33. The molecule has 0 aliphatic heterocycles. The van der Waals surface area contributed by atoms with Gasteiger partial charge in [0.1, 0.15) is 12.9 Å². The molecule has 5 nitrogen and oxygen atoms in total. The summed E-state index contributed by atoms with van der Waals surface area (Å²) < 4.78 is 15.1. The third kappa shape index (κ3) is 5.92. The highest BCUT2D eigenvalue weighted by atomic mass is 16.6. The van der Waals surface area contributed by atoms with Gasteiger partial charge in [0.15, 0.2) is 0 Å². The molecule has 0 aliphatic rings. The molecule has 0 fully saturated rings. The van der Waals surface area contributed by atoms with Crippen molar-refractivity contribution in [2.45, 2.75) is 13.5 Å². The van der Waals surface area contributed by atoms with Gasteiger partial charge in [-0.1, -0.05) is 30.3 Å². The average molecular weight is 266 g/mol. The normalized spacial score (nSPS) is 11.1. The van der Waals surface area contributed by atoms with Crippen molar-refractivity contribution in [1.82, 2.24) is 0 Å². The van der Waals surface area contributed by atoms with Gasteiger partial charge in [0.05, 0.1) is 19.8 Å². The van der Waals surface area contributed by atoms with Gasteiger partial charge in [0, 0.05) is 0 Å². The van der Waals surface area contributed by atoms with Crippen LogP contribution in [0.2, 0.25) is 0 Å². The summed E-state index contributed by atoms with van der Waals surface area (Å²) in [6, 6.07) is 9.71. The standard InChI is InChI=1S/C14H18O5/c1-2-18-14(16)13(10-15)19-9-8-17-11-12-6-4-3-5-7-12/h3-7,10,15H,2,8-9,11H2,1H3. The molecule has 1 aromatic rings.